The molecule has 0 unspecified atom stereocenters. The molecule has 0 amide bonds. The zero-order valence-electron chi connectivity index (χ0n) is 10.1. The number of benzene rings is 1. The number of halogens is 5. The summed E-state index contributed by atoms with van der Waals surface area (Å²) in [6.45, 7) is -0.174. The van der Waals surface area contributed by atoms with E-state index >= 15 is 0 Å². The van der Waals surface area contributed by atoms with Crippen molar-refractivity contribution in [1.82, 2.24) is 9.38 Å². The summed E-state index contributed by atoms with van der Waals surface area (Å²) >= 11 is 1.35. The second-order valence-corrected chi connectivity index (χ2v) is 5.00. The van der Waals surface area contributed by atoms with E-state index in [1.807, 2.05) is 0 Å². The first-order chi connectivity index (χ1) is 9.99. The standard InChI is InChI=1S/C12H6F5N3S/c13-6-7(14)9(16)11(10(17)8(6)15)18-3-5-4-20-1-2-21-12(20)19-5/h1-2,4,18H,3H2. The molecule has 0 atom stereocenters. The fourth-order valence-corrected chi connectivity index (χ4v) is 2.52. The maximum Gasteiger partial charge on any atom is 0.200 e. The van der Waals surface area contributed by atoms with Crippen LogP contribution in [0.5, 0.6) is 0 Å². The van der Waals surface area contributed by atoms with Crippen molar-refractivity contribution < 1.29 is 22.0 Å². The van der Waals surface area contributed by atoms with E-state index < -0.39 is 34.8 Å². The Kier molecular flexibility index (Phi) is 3.28. The van der Waals surface area contributed by atoms with Crippen molar-refractivity contribution in [2.24, 2.45) is 0 Å². The predicted octanol–water partition coefficient (Wildman–Crippen LogP) is 3.70. The molecule has 0 fully saturated rings. The number of thiazole rings is 1. The Morgan fingerprint density at radius 2 is 1.62 bits per heavy atom. The fraction of sp³-hybridized carbons (Fsp3) is 0.0833. The van der Waals surface area contributed by atoms with Gasteiger partial charge in [-0.05, 0) is 0 Å². The molecule has 3 aromatic rings. The summed E-state index contributed by atoms with van der Waals surface area (Å²) in [5, 5.41) is 3.98. The largest absolute Gasteiger partial charge is 0.374 e. The smallest absolute Gasteiger partial charge is 0.200 e. The topological polar surface area (TPSA) is 29.3 Å². The third-order valence-corrected chi connectivity index (χ3v) is 3.57. The monoisotopic (exact) mass is 319 g/mol. The Morgan fingerprint density at radius 3 is 2.24 bits per heavy atom. The minimum absolute atomic E-state index is 0.174. The number of nitrogens with zero attached hydrogens (tertiary/aromatic N) is 2. The van der Waals surface area contributed by atoms with Gasteiger partial charge in [0.25, 0.3) is 0 Å². The number of rotatable bonds is 3. The van der Waals surface area contributed by atoms with E-state index in [0.29, 0.717) is 10.7 Å². The molecule has 3 rings (SSSR count). The third kappa shape index (κ3) is 2.23. The van der Waals surface area contributed by atoms with Crippen LogP contribution in [0.25, 0.3) is 4.96 Å². The first-order valence-corrected chi connectivity index (χ1v) is 6.53. The summed E-state index contributed by atoms with van der Waals surface area (Å²) in [6, 6.07) is 0. The molecule has 2 aromatic heterocycles. The van der Waals surface area contributed by atoms with Crippen molar-refractivity contribution in [2.45, 2.75) is 6.54 Å². The summed E-state index contributed by atoms with van der Waals surface area (Å²) in [5.41, 5.74) is -0.659. The summed E-state index contributed by atoms with van der Waals surface area (Å²) in [4.78, 5) is 4.78. The lowest BCUT2D eigenvalue weighted by Crippen LogP contribution is -2.10. The average molecular weight is 319 g/mol. The van der Waals surface area contributed by atoms with Gasteiger partial charge in [0.2, 0.25) is 5.82 Å². The second-order valence-electron chi connectivity index (χ2n) is 4.12. The highest BCUT2D eigenvalue weighted by molar-refractivity contribution is 7.15. The average Bonchev–Trinajstić information content (AvgIpc) is 3.04. The van der Waals surface area contributed by atoms with Gasteiger partial charge in [0.05, 0.1) is 12.2 Å². The Hall–Kier alpha value is -2.16. The maximum atomic E-state index is 13.4. The molecule has 0 saturated carbocycles. The van der Waals surface area contributed by atoms with Gasteiger partial charge in [-0.15, -0.1) is 11.3 Å². The lowest BCUT2D eigenvalue weighted by Gasteiger charge is -2.09. The zero-order valence-corrected chi connectivity index (χ0v) is 10.9. The lowest BCUT2D eigenvalue weighted by molar-refractivity contribution is 0.381. The van der Waals surface area contributed by atoms with E-state index in [1.54, 1.807) is 22.2 Å². The quantitative estimate of drug-likeness (QED) is 0.453. The molecule has 110 valence electrons. The van der Waals surface area contributed by atoms with E-state index in [0.717, 1.165) is 0 Å². The van der Waals surface area contributed by atoms with Gasteiger partial charge in [-0.2, -0.15) is 0 Å². The van der Waals surface area contributed by atoms with E-state index in [-0.39, 0.29) is 6.54 Å². The lowest BCUT2D eigenvalue weighted by atomic mass is 10.2. The van der Waals surface area contributed by atoms with Crippen molar-refractivity contribution in [3.8, 4) is 0 Å². The summed E-state index contributed by atoms with van der Waals surface area (Å²) in [7, 11) is 0. The van der Waals surface area contributed by atoms with Crippen LogP contribution < -0.4 is 5.32 Å². The van der Waals surface area contributed by atoms with Gasteiger partial charge in [-0.1, -0.05) is 0 Å². The molecular formula is C12H6F5N3S. The van der Waals surface area contributed by atoms with Gasteiger partial charge in [0, 0.05) is 17.8 Å². The minimum Gasteiger partial charge on any atom is -0.374 e. The molecule has 0 aliphatic carbocycles. The van der Waals surface area contributed by atoms with Gasteiger partial charge in [0.15, 0.2) is 28.2 Å². The number of aromatic nitrogens is 2. The van der Waals surface area contributed by atoms with Crippen LogP contribution in [0.4, 0.5) is 27.6 Å². The van der Waals surface area contributed by atoms with Crippen LogP contribution in [-0.4, -0.2) is 9.38 Å². The van der Waals surface area contributed by atoms with E-state index in [2.05, 4.69) is 10.3 Å². The van der Waals surface area contributed by atoms with E-state index in [9.17, 15) is 22.0 Å². The van der Waals surface area contributed by atoms with Crippen molar-refractivity contribution in [2.75, 3.05) is 5.32 Å². The Balaban J connectivity index is 1.89. The first kappa shape index (κ1) is 13.8. The van der Waals surface area contributed by atoms with Crippen LogP contribution in [0, 0.1) is 29.1 Å². The van der Waals surface area contributed by atoms with Crippen LogP contribution in [-0.2, 0) is 6.54 Å². The molecule has 21 heavy (non-hydrogen) atoms. The van der Waals surface area contributed by atoms with Gasteiger partial charge >= 0.3 is 0 Å². The van der Waals surface area contributed by atoms with Crippen LogP contribution in [0.3, 0.4) is 0 Å². The van der Waals surface area contributed by atoms with E-state index in [4.69, 9.17) is 0 Å². The van der Waals surface area contributed by atoms with Gasteiger partial charge in [-0.25, -0.2) is 26.9 Å². The molecular weight excluding hydrogens is 313 g/mol. The van der Waals surface area contributed by atoms with Crippen LogP contribution in [0.1, 0.15) is 5.69 Å². The van der Waals surface area contributed by atoms with E-state index in [1.165, 1.54) is 11.3 Å². The predicted molar refractivity (Wildman–Crippen MR) is 66.6 cm³/mol. The van der Waals surface area contributed by atoms with Gasteiger partial charge in [0.1, 0.15) is 5.69 Å². The maximum absolute atomic E-state index is 13.4. The Labute approximate surface area is 118 Å². The number of hydrogen-bond donors (Lipinski definition) is 1. The SMILES string of the molecule is Fc1c(F)c(F)c(NCc2cn3ccsc3n2)c(F)c1F. The minimum atomic E-state index is -2.18. The Morgan fingerprint density at radius 1 is 1.00 bits per heavy atom. The number of fused-ring (bicyclic) bond motifs is 1. The highest BCUT2D eigenvalue weighted by atomic mass is 32.1. The van der Waals surface area contributed by atoms with Crippen molar-refractivity contribution in [1.29, 1.82) is 0 Å². The molecule has 0 bridgehead atoms. The van der Waals surface area contributed by atoms with Crippen molar-refractivity contribution >= 4 is 22.0 Å². The fourth-order valence-electron chi connectivity index (χ4n) is 1.80. The second kappa shape index (κ2) is 4.99. The number of hydrogen-bond acceptors (Lipinski definition) is 3. The number of anilines is 1. The summed E-state index contributed by atoms with van der Waals surface area (Å²) in [5.74, 6) is -9.94. The first-order valence-electron chi connectivity index (χ1n) is 5.65. The van der Waals surface area contributed by atoms with Crippen LogP contribution >= 0.6 is 11.3 Å². The molecule has 2 heterocycles. The number of nitrogens with one attached hydrogen (secondary N) is 1. The summed E-state index contributed by atoms with van der Waals surface area (Å²) in [6.07, 6.45) is 3.32. The molecule has 0 saturated heterocycles. The molecule has 0 radical (unpaired) electrons. The molecule has 0 aliphatic rings. The van der Waals surface area contributed by atoms with Crippen LogP contribution in [0.2, 0.25) is 0 Å². The highest BCUT2D eigenvalue weighted by Gasteiger charge is 2.25. The van der Waals surface area contributed by atoms with Crippen LogP contribution in [0.15, 0.2) is 17.8 Å². The summed E-state index contributed by atoms with van der Waals surface area (Å²) < 4.78 is 67.5. The molecule has 3 nitrogen and oxygen atoms in total. The molecule has 0 spiro atoms. The Bertz CT molecular complexity index is 768. The zero-order chi connectivity index (χ0) is 15.1. The van der Waals surface area contributed by atoms with Gasteiger partial charge in [-0.3, -0.25) is 4.40 Å². The van der Waals surface area contributed by atoms with Crippen molar-refractivity contribution in [3.05, 3.63) is 52.6 Å². The molecule has 1 aromatic carbocycles. The van der Waals surface area contributed by atoms with Crippen molar-refractivity contribution in [3.63, 3.8) is 0 Å². The third-order valence-electron chi connectivity index (χ3n) is 2.80. The molecule has 9 heteroatoms. The van der Waals surface area contributed by atoms with Gasteiger partial charge < -0.3 is 5.32 Å². The molecule has 1 N–H and O–H groups in total. The molecule has 0 aliphatic heterocycles. The normalized spacial score (nSPS) is 11.3. The number of imidazole rings is 1. The highest BCUT2D eigenvalue weighted by Crippen LogP contribution is 2.27.